The molecule has 0 spiro atoms. The Kier molecular flexibility index (Phi) is 9.28. The number of hydrogen-bond acceptors (Lipinski definition) is 8. The summed E-state index contributed by atoms with van der Waals surface area (Å²) in [5, 5.41) is 5.16. The fraction of sp³-hybridized carbons (Fsp3) is 0.543. The van der Waals surface area contributed by atoms with Crippen molar-refractivity contribution in [2.24, 2.45) is 7.05 Å². The standard InChI is InChI=1S/C35H46N6O4/c1-5-44-30-21-26-28(22-31(30)45-6-2)37-34(36-24-12-10-8-7-9-11-13-24)38-32(26)40-18-16-25(17-19-40)41-33(42)27-20-23(3)14-15-29(27)39(4)35(41)43/h14-15,20-22,24-25H,5-13,16-19H2,1-4H3,(H,36,37,38). The summed E-state index contributed by atoms with van der Waals surface area (Å²) < 4.78 is 15.0. The molecular weight excluding hydrogens is 568 g/mol. The molecule has 2 aromatic carbocycles. The van der Waals surface area contributed by atoms with Crippen LogP contribution in [-0.4, -0.2) is 51.4 Å². The van der Waals surface area contributed by atoms with Crippen LogP contribution in [0.2, 0.25) is 0 Å². The highest BCUT2D eigenvalue weighted by molar-refractivity contribution is 5.93. The minimum atomic E-state index is -0.266. The van der Waals surface area contributed by atoms with E-state index in [9.17, 15) is 9.59 Å². The second kappa shape index (κ2) is 13.5. The van der Waals surface area contributed by atoms with E-state index in [0.29, 0.717) is 73.5 Å². The highest BCUT2D eigenvalue weighted by Gasteiger charge is 2.28. The van der Waals surface area contributed by atoms with Gasteiger partial charge in [-0.15, -0.1) is 0 Å². The molecule has 0 atom stereocenters. The fourth-order valence-corrected chi connectivity index (χ4v) is 7.00. The molecule has 1 N–H and O–H groups in total. The summed E-state index contributed by atoms with van der Waals surface area (Å²) in [6.45, 7) is 8.24. The summed E-state index contributed by atoms with van der Waals surface area (Å²) >= 11 is 0. The number of nitrogens with zero attached hydrogens (tertiary/aromatic N) is 5. The van der Waals surface area contributed by atoms with Gasteiger partial charge in [-0.3, -0.25) is 13.9 Å². The van der Waals surface area contributed by atoms with Crippen LogP contribution in [-0.2, 0) is 7.05 Å². The molecular formula is C35H46N6O4. The molecule has 4 aromatic rings. The SMILES string of the molecule is CCOc1cc2nc(NC3CCCCCCC3)nc(N3CCC(n4c(=O)c5cc(C)ccc5n(C)c4=O)CC3)c2cc1OCC. The van der Waals surface area contributed by atoms with Gasteiger partial charge >= 0.3 is 5.69 Å². The molecule has 0 unspecified atom stereocenters. The Hall–Kier alpha value is -4.08. The van der Waals surface area contributed by atoms with Gasteiger partial charge in [-0.1, -0.05) is 43.7 Å². The maximum atomic E-state index is 13.6. The maximum absolute atomic E-state index is 13.6. The normalized spacial score (nSPS) is 16.9. The summed E-state index contributed by atoms with van der Waals surface area (Å²) in [5.74, 6) is 2.82. The summed E-state index contributed by atoms with van der Waals surface area (Å²) in [4.78, 5) is 39.4. The van der Waals surface area contributed by atoms with Crippen molar-refractivity contribution < 1.29 is 9.47 Å². The summed E-state index contributed by atoms with van der Waals surface area (Å²) in [6, 6.07) is 9.78. The monoisotopic (exact) mass is 614 g/mol. The molecule has 6 rings (SSSR count). The van der Waals surface area contributed by atoms with Gasteiger partial charge in [-0.25, -0.2) is 9.78 Å². The van der Waals surface area contributed by atoms with Crippen LogP contribution in [0.1, 0.15) is 83.2 Å². The Labute approximate surface area is 264 Å². The van der Waals surface area contributed by atoms with Crippen molar-refractivity contribution in [3.8, 4) is 11.5 Å². The smallest absolute Gasteiger partial charge is 0.331 e. The van der Waals surface area contributed by atoms with Gasteiger partial charge in [0.05, 0.1) is 29.6 Å². The molecule has 1 aliphatic carbocycles. The molecule has 2 aliphatic rings. The van der Waals surface area contributed by atoms with E-state index in [1.54, 1.807) is 11.6 Å². The quantitative estimate of drug-likeness (QED) is 0.253. The zero-order chi connectivity index (χ0) is 31.5. The Balaban J connectivity index is 1.35. The predicted octanol–water partition coefficient (Wildman–Crippen LogP) is 6.12. The average Bonchev–Trinajstić information content (AvgIpc) is 3.02. The zero-order valence-corrected chi connectivity index (χ0v) is 27.1. The van der Waals surface area contributed by atoms with E-state index in [0.717, 1.165) is 35.1 Å². The van der Waals surface area contributed by atoms with E-state index in [1.807, 2.05) is 51.1 Å². The molecule has 0 amide bonds. The first kappa shape index (κ1) is 30.9. The molecule has 1 saturated carbocycles. The van der Waals surface area contributed by atoms with Gasteiger partial charge in [0.15, 0.2) is 11.5 Å². The molecule has 1 aliphatic heterocycles. The topological polar surface area (TPSA) is 104 Å². The van der Waals surface area contributed by atoms with Crippen LogP contribution in [0.5, 0.6) is 11.5 Å². The molecule has 2 fully saturated rings. The summed E-state index contributed by atoms with van der Waals surface area (Å²) in [5.41, 5.74) is 1.99. The second-order valence-corrected chi connectivity index (χ2v) is 12.5. The lowest BCUT2D eigenvalue weighted by Gasteiger charge is -2.34. The largest absolute Gasteiger partial charge is 0.490 e. The van der Waals surface area contributed by atoms with Crippen molar-refractivity contribution >= 4 is 33.6 Å². The maximum Gasteiger partial charge on any atom is 0.331 e. The summed E-state index contributed by atoms with van der Waals surface area (Å²) in [7, 11) is 1.75. The first-order valence-corrected chi connectivity index (χ1v) is 16.7. The van der Waals surface area contributed by atoms with Crippen molar-refractivity contribution in [2.45, 2.75) is 90.6 Å². The molecule has 3 heterocycles. The molecule has 1 saturated heterocycles. The van der Waals surface area contributed by atoms with Crippen LogP contribution in [0.4, 0.5) is 11.8 Å². The number of aryl methyl sites for hydroxylation is 2. The number of nitrogens with one attached hydrogen (secondary N) is 1. The zero-order valence-electron chi connectivity index (χ0n) is 27.1. The molecule has 45 heavy (non-hydrogen) atoms. The average molecular weight is 615 g/mol. The van der Waals surface area contributed by atoms with Gasteiger partial charge in [-0.2, -0.15) is 4.98 Å². The van der Waals surface area contributed by atoms with Crippen molar-refractivity contribution in [3.05, 3.63) is 56.7 Å². The van der Waals surface area contributed by atoms with Gasteiger partial charge in [0, 0.05) is 43.7 Å². The van der Waals surface area contributed by atoms with E-state index in [4.69, 9.17) is 19.4 Å². The van der Waals surface area contributed by atoms with Crippen LogP contribution in [0.25, 0.3) is 21.8 Å². The lowest BCUT2D eigenvalue weighted by atomic mass is 9.97. The van der Waals surface area contributed by atoms with Crippen LogP contribution in [0.15, 0.2) is 39.9 Å². The number of anilines is 2. The van der Waals surface area contributed by atoms with E-state index >= 15 is 0 Å². The Bertz CT molecular complexity index is 1780. The van der Waals surface area contributed by atoms with Crippen molar-refractivity contribution in [1.82, 2.24) is 19.1 Å². The molecule has 10 nitrogen and oxygen atoms in total. The number of rotatable bonds is 8. The third kappa shape index (κ3) is 6.37. The van der Waals surface area contributed by atoms with Gasteiger partial charge < -0.3 is 19.7 Å². The molecule has 0 radical (unpaired) electrons. The molecule has 240 valence electrons. The van der Waals surface area contributed by atoms with Crippen LogP contribution >= 0.6 is 0 Å². The molecule has 10 heteroatoms. The third-order valence-electron chi connectivity index (χ3n) is 9.36. The number of benzene rings is 2. The van der Waals surface area contributed by atoms with Crippen molar-refractivity contribution in [3.63, 3.8) is 0 Å². The van der Waals surface area contributed by atoms with Crippen molar-refractivity contribution in [1.29, 1.82) is 0 Å². The first-order chi connectivity index (χ1) is 21.9. The Morgan fingerprint density at radius 3 is 2.20 bits per heavy atom. The summed E-state index contributed by atoms with van der Waals surface area (Å²) in [6.07, 6.45) is 9.83. The first-order valence-electron chi connectivity index (χ1n) is 16.7. The highest BCUT2D eigenvalue weighted by atomic mass is 16.5. The van der Waals surface area contributed by atoms with Crippen LogP contribution in [0, 0.1) is 6.92 Å². The lowest BCUT2D eigenvalue weighted by Crippen LogP contribution is -2.45. The Morgan fingerprint density at radius 1 is 0.844 bits per heavy atom. The van der Waals surface area contributed by atoms with E-state index in [1.165, 1.54) is 36.7 Å². The van der Waals surface area contributed by atoms with Gasteiger partial charge in [0.1, 0.15) is 5.82 Å². The van der Waals surface area contributed by atoms with Gasteiger partial charge in [-0.05, 0) is 64.7 Å². The molecule has 0 bridgehead atoms. The van der Waals surface area contributed by atoms with Crippen molar-refractivity contribution in [2.75, 3.05) is 36.5 Å². The number of ether oxygens (including phenoxy) is 2. The lowest BCUT2D eigenvalue weighted by molar-refractivity contribution is 0.288. The van der Waals surface area contributed by atoms with E-state index in [2.05, 4.69) is 10.2 Å². The van der Waals surface area contributed by atoms with Crippen LogP contribution in [0.3, 0.4) is 0 Å². The van der Waals surface area contributed by atoms with Crippen LogP contribution < -0.4 is 30.9 Å². The Morgan fingerprint density at radius 2 is 1.51 bits per heavy atom. The number of hydrogen-bond donors (Lipinski definition) is 1. The van der Waals surface area contributed by atoms with E-state index in [-0.39, 0.29) is 17.3 Å². The number of aromatic nitrogens is 4. The number of fused-ring (bicyclic) bond motifs is 2. The fourth-order valence-electron chi connectivity index (χ4n) is 7.00. The van der Waals surface area contributed by atoms with Gasteiger partial charge in [0.2, 0.25) is 5.95 Å². The number of piperidine rings is 1. The predicted molar refractivity (Wildman–Crippen MR) is 180 cm³/mol. The van der Waals surface area contributed by atoms with Gasteiger partial charge in [0.25, 0.3) is 5.56 Å². The highest BCUT2D eigenvalue weighted by Crippen LogP contribution is 2.38. The minimum Gasteiger partial charge on any atom is -0.490 e. The van der Waals surface area contributed by atoms with E-state index < -0.39 is 0 Å². The third-order valence-corrected chi connectivity index (χ3v) is 9.36. The molecule has 2 aromatic heterocycles. The second-order valence-electron chi connectivity index (χ2n) is 12.5. The minimum absolute atomic E-state index is 0.193.